The lowest BCUT2D eigenvalue weighted by molar-refractivity contribution is -0.119. The number of nitrogens with two attached hydrogens (primary N) is 1. The van der Waals surface area contributed by atoms with Crippen LogP contribution in [0.2, 0.25) is 0 Å². The van der Waals surface area contributed by atoms with Gasteiger partial charge in [0.15, 0.2) is 11.5 Å². The Hall–Kier alpha value is -3.85. The highest BCUT2D eigenvalue weighted by molar-refractivity contribution is 6.00. The van der Waals surface area contributed by atoms with Crippen LogP contribution in [-0.2, 0) is 9.53 Å². The molecular weight excluding hydrogens is 390 g/mol. The number of allylic oxidation sites excluding steroid dienone is 3. The van der Waals surface area contributed by atoms with Crippen molar-refractivity contribution in [3.05, 3.63) is 76.9 Å². The largest absolute Gasteiger partial charge is 0.444 e. The number of benzene rings is 2. The van der Waals surface area contributed by atoms with Crippen molar-refractivity contribution in [3.63, 3.8) is 0 Å². The smallest absolute Gasteiger partial charge is 0.205 e. The van der Waals surface area contributed by atoms with Gasteiger partial charge in [-0.2, -0.15) is 5.26 Å². The quantitative estimate of drug-likeness (QED) is 0.640. The van der Waals surface area contributed by atoms with Gasteiger partial charge in [-0.3, -0.25) is 4.79 Å². The van der Waals surface area contributed by atoms with Gasteiger partial charge in [-0.25, -0.2) is 0 Å². The van der Waals surface area contributed by atoms with Crippen LogP contribution in [-0.4, -0.2) is 10.9 Å². The zero-order chi connectivity index (χ0) is 21.8. The number of rotatable bonds is 2. The fourth-order valence-corrected chi connectivity index (χ4v) is 4.55. The molecule has 3 aromatic rings. The van der Waals surface area contributed by atoms with E-state index >= 15 is 0 Å². The maximum Gasteiger partial charge on any atom is 0.205 e. The molecule has 31 heavy (non-hydrogen) atoms. The molecule has 1 aliphatic carbocycles. The van der Waals surface area contributed by atoms with Gasteiger partial charge in [0.2, 0.25) is 5.88 Å². The average Bonchev–Trinajstić information content (AvgIpc) is 3.15. The lowest BCUT2D eigenvalue weighted by Crippen LogP contribution is -2.33. The summed E-state index contributed by atoms with van der Waals surface area (Å²) in [5.41, 5.74) is 9.09. The third kappa shape index (κ3) is 3.10. The minimum absolute atomic E-state index is 0.00908. The molecule has 0 saturated heterocycles. The summed E-state index contributed by atoms with van der Waals surface area (Å²) in [6.45, 7) is 4.06. The highest BCUT2D eigenvalue weighted by atomic mass is 16.5. The van der Waals surface area contributed by atoms with Gasteiger partial charge < -0.3 is 15.0 Å². The number of carbonyl (C=O) groups excluding carboxylic acids is 1. The molecule has 0 spiro atoms. The van der Waals surface area contributed by atoms with E-state index < -0.39 is 5.92 Å². The molecule has 154 valence electrons. The van der Waals surface area contributed by atoms with E-state index in [9.17, 15) is 10.1 Å². The highest BCUT2D eigenvalue weighted by Gasteiger charge is 2.43. The van der Waals surface area contributed by atoms with Gasteiger partial charge in [0.05, 0.1) is 11.3 Å². The minimum Gasteiger partial charge on any atom is -0.444 e. The number of Topliss-reactive ketones (excluding diaryl/α,β-unsaturated/α-hetero) is 1. The zero-order valence-corrected chi connectivity index (χ0v) is 17.3. The molecule has 0 bridgehead atoms. The summed E-state index contributed by atoms with van der Waals surface area (Å²) in [6.07, 6.45) is 0.990. The van der Waals surface area contributed by atoms with E-state index in [0.29, 0.717) is 35.5 Å². The highest BCUT2D eigenvalue weighted by Crippen LogP contribution is 2.48. The number of fused-ring (bicyclic) bond motifs is 1. The van der Waals surface area contributed by atoms with Gasteiger partial charge in [0.25, 0.3) is 0 Å². The molecule has 2 aromatic carbocycles. The van der Waals surface area contributed by atoms with Crippen molar-refractivity contribution in [2.75, 3.05) is 0 Å². The number of hydrogen-bond donors (Lipinski definition) is 1. The summed E-state index contributed by atoms with van der Waals surface area (Å²) in [5, 5.41) is 14.8. The van der Waals surface area contributed by atoms with Gasteiger partial charge in [0, 0.05) is 24.0 Å². The van der Waals surface area contributed by atoms with E-state index in [1.54, 1.807) is 0 Å². The van der Waals surface area contributed by atoms with Gasteiger partial charge in [-0.05, 0) is 23.1 Å². The summed E-state index contributed by atoms with van der Waals surface area (Å²) in [4.78, 5) is 13.2. The second kappa shape index (κ2) is 6.85. The third-order valence-corrected chi connectivity index (χ3v) is 5.95. The number of ketones is 1. The average molecular weight is 411 g/mol. The van der Waals surface area contributed by atoms with E-state index in [0.717, 1.165) is 16.5 Å². The van der Waals surface area contributed by atoms with Crippen molar-refractivity contribution in [1.82, 2.24) is 5.16 Å². The molecule has 0 fully saturated rings. The molecule has 6 nitrogen and oxygen atoms in total. The van der Waals surface area contributed by atoms with Gasteiger partial charge in [-0.1, -0.05) is 55.4 Å². The molecule has 1 atom stereocenters. The number of nitrogens with zero attached hydrogens (tertiary/aromatic N) is 2. The number of nitriles is 1. The predicted molar refractivity (Wildman–Crippen MR) is 115 cm³/mol. The van der Waals surface area contributed by atoms with Crippen molar-refractivity contribution >= 4 is 16.7 Å². The van der Waals surface area contributed by atoms with E-state index in [-0.39, 0.29) is 22.7 Å². The van der Waals surface area contributed by atoms with Gasteiger partial charge >= 0.3 is 0 Å². The fourth-order valence-electron chi connectivity index (χ4n) is 4.55. The Morgan fingerprint density at radius 1 is 1.16 bits per heavy atom. The standard InChI is InChI=1S/C25H21N3O3/c1-25(2)11-19(29)22-20(12-25)30-24(27)17(13-26)21(22)15-8-9-18-16(10-15)23(31-28-18)14-6-4-3-5-7-14/h3-10,21H,11-12,27H2,1-2H3/t21-/m1/s1. The van der Waals surface area contributed by atoms with E-state index in [4.69, 9.17) is 15.0 Å². The summed E-state index contributed by atoms with van der Waals surface area (Å²) >= 11 is 0. The number of carbonyl (C=O) groups is 1. The molecule has 2 heterocycles. The summed E-state index contributed by atoms with van der Waals surface area (Å²) in [5.74, 6) is 0.692. The lowest BCUT2D eigenvalue weighted by Gasteiger charge is -2.37. The molecule has 1 aromatic heterocycles. The normalized spacial score (nSPS) is 20.4. The van der Waals surface area contributed by atoms with Gasteiger partial charge in [-0.15, -0.1) is 0 Å². The zero-order valence-electron chi connectivity index (χ0n) is 17.3. The Balaban J connectivity index is 1.70. The van der Waals surface area contributed by atoms with Crippen molar-refractivity contribution in [3.8, 4) is 17.4 Å². The van der Waals surface area contributed by atoms with Crippen molar-refractivity contribution < 1.29 is 14.1 Å². The van der Waals surface area contributed by atoms with Crippen LogP contribution in [0.25, 0.3) is 22.2 Å². The Bertz CT molecular complexity index is 1320. The van der Waals surface area contributed by atoms with Crippen LogP contribution in [0.1, 0.15) is 38.2 Å². The molecule has 1 aliphatic heterocycles. The minimum atomic E-state index is -0.569. The Kier molecular flexibility index (Phi) is 4.23. The van der Waals surface area contributed by atoms with Gasteiger partial charge in [0.1, 0.15) is 22.9 Å². The first-order valence-corrected chi connectivity index (χ1v) is 10.2. The first-order valence-electron chi connectivity index (χ1n) is 10.2. The monoisotopic (exact) mass is 411 g/mol. The topological polar surface area (TPSA) is 102 Å². The van der Waals surface area contributed by atoms with Crippen LogP contribution in [0, 0.1) is 16.7 Å². The summed E-state index contributed by atoms with van der Waals surface area (Å²) in [6, 6.07) is 17.5. The number of hydrogen-bond acceptors (Lipinski definition) is 6. The Labute approximate surface area is 179 Å². The van der Waals surface area contributed by atoms with Crippen LogP contribution >= 0.6 is 0 Å². The number of ether oxygens (including phenoxy) is 1. The molecule has 0 radical (unpaired) electrons. The second-order valence-electron chi connectivity index (χ2n) is 8.86. The van der Waals surface area contributed by atoms with Crippen LogP contribution in [0.4, 0.5) is 0 Å². The SMILES string of the molecule is CC1(C)CC(=O)C2=C(C1)OC(N)=C(C#N)[C@H]2c1ccc2noc(-c3ccccc3)c2c1. The van der Waals surface area contributed by atoms with Crippen LogP contribution in [0.15, 0.2) is 75.8 Å². The molecule has 0 amide bonds. The molecule has 6 heteroatoms. The van der Waals surface area contributed by atoms with Crippen molar-refractivity contribution in [2.45, 2.75) is 32.6 Å². The van der Waals surface area contributed by atoms with Crippen molar-refractivity contribution in [2.24, 2.45) is 11.1 Å². The first kappa shape index (κ1) is 19.1. The molecular formula is C25H21N3O3. The Morgan fingerprint density at radius 3 is 2.68 bits per heavy atom. The fraction of sp³-hybridized carbons (Fsp3) is 0.240. The van der Waals surface area contributed by atoms with Crippen LogP contribution < -0.4 is 5.73 Å². The van der Waals surface area contributed by atoms with Crippen molar-refractivity contribution in [1.29, 1.82) is 5.26 Å². The lowest BCUT2D eigenvalue weighted by atomic mass is 9.70. The summed E-state index contributed by atoms with van der Waals surface area (Å²) in [7, 11) is 0. The molecule has 2 N–H and O–H groups in total. The van der Waals surface area contributed by atoms with E-state index in [1.165, 1.54) is 0 Å². The van der Waals surface area contributed by atoms with E-state index in [2.05, 4.69) is 11.2 Å². The Morgan fingerprint density at radius 2 is 1.94 bits per heavy atom. The molecule has 2 aliphatic rings. The molecule has 0 saturated carbocycles. The van der Waals surface area contributed by atoms with Crippen LogP contribution in [0.5, 0.6) is 0 Å². The second-order valence-corrected chi connectivity index (χ2v) is 8.86. The third-order valence-electron chi connectivity index (χ3n) is 5.95. The van der Waals surface area contributed by atoms with Crippen LogP contribution in [0.3, 0.4) is 0 Å². The predicted octanol–water partition coefficient (Wildman–Crippen LogP) is 4.95. The maximum absolute atomic E-state index is 13.2. The maximum atomic E-state index is 13.2. The van der Waals surface area contributed by atoms with E-state index in [1.807, 2.05) is 62.4 Å². The summed E-state index contributed by atoms with van der Waals surface area (Å²) < 4.78 is 11.4. The number of aromatic nitrogens is 1. The first-order chi connectivity index (χ1) is 14.9. The molecule has 5 rings (SSSR count). The molecule has 0 unspecified atom stereocenters.